The first-order valence-corrected chi connectivity index (χ1v) is 13.7. The fourth-order valence-corrected chi connectivity index (χ4v) is 5.93. The number of halogens is 2. The molecule has 1 aliphatic carbocycles. The maximum Gasteiger partial charge on any atom is 0.335 e. The molecule has 1 aliphatic rings. The molecule has 0 unspecified atom stereocenters. The van der Waals surface area contributed by atoms with Gasteiger partial charge in [0.1, 0.15) is 24.1 Å². The number of rotatable bonds is 9. The molecule has 0 radical (unpaired) electrons. The highest BCUT2D eigenvalue weighted by Gasteiger charge is 2.36. The summed E-state index contributed by atoms with van der Waals surface area (Å²) in [5.74, 6) is -0.764. The van der Waals surface area contributed by atoms with Crippen molar-refractivity contribution in [2.24, 2.45) is 0 Å². The standard InChI is InChI=1S/C22H22BrFN4O6S2/c1-34-36(32,33)28-17-6-13(7-18(17)29)27-22-15(8-25-10-26-22)21(31)19-4-11(9-35-19)20(30)14-5-12(23)2-3-16(14)24/h2-5,8-10,13,17-18,20,28-30H,6-7H2,1H3,(H,25,26,27)/t13-,17-,18+,20+/m1/s1. The van der Waals surface area contributed by atoms with Crippen LogP contribution in [0.1, 0.15) is 45.3 Å². The van der Waals surface area contributed by atoms with Crippen LogP contribution in [0.5, 0.6) is 0 Å². The second-order valence-electron chi connectivity index (χ2n) is 8.15. The van der Waals surface area contributed by atoms with Gasteiger partial charge in [0, 0.05) is 22.3 Å². The predicted molar refractivity (Wildman–Crippen MR) is 133 cm³/mol. The van der Waals surface area contributed by atoms with Gasteiger partial charge >= 0.3 is 10.3 Å². The molecule has 192 valence electrons. The molecular weight excluding hydrogens is 579 g/mol. The molecule has 3 aromatic rings. The summed E-state index contributed by atoms with van der Waals surface area (Å²) in [6.45, 7) is 0. The molecule has 0 aliphatic heterocycles. The van der Waals surface area contributed by atoms with Gasteiger partial charge in [-0.1, -0.05) is 15.9 Å². The third-order valence-corrected chi connectivity index (χ3v) is 8.22. The summed E-state index contributed by atoms with van der Waals surface area (Å²) in [7, 11) is -2.97. The maximum atomic E-state index is 14.2. The van der Waals surface area contributed by atoms with Gasteiger partial charge in [0.2, 0.25) is 5.78 Å². The Hall–Kier alpha value is -2.33. The molecule has 0 amide bonds. The Morgan fingerprint density at radius 2 is 2.11 bits per heavy atom. The molecule has 10 nitrogen and oxygen atoms in total. The lowest BCUT2D eigenvalue weighted by Gasteiger charge is -2.16. The van der Waals surface area contributed by atoms with Crippen molar-refractivity contribution < 1.29 is 32.0 Å². The van der Waals surface area contributed by atoms with Gasteiger partial charge in [0.25, 0.3) is 0 Å². The van der Waals surface area contributed by atoms with Crippen LogP contribution < -0.4 is 10.0 Å². The Kier molecular flexibility index (Phi) is 8.14. The molecule has 4 atom stereocenters. The average Bonchev–Trinajstić information content (AvgIpc) is 3.47. The quantitative estimate of drug-likeness (QED) is 0.271. The van der Waals surface area contributed by atoms with Crippen LogP contribution in [-0.4, -0.2) is 59.7 Å². The van der Waals surface area contributed by atoms with Gasteiger partial charge in [0.15, 0.2) is 0 Å². The Labute approximate surface area is 219 Å². The summed E-state index contributed by atoms with van der Waals surface area (Å²) in [6, 6.07) is 4.58. The fraction of sp³-hybridized carbons (Fsp3) is 0.318. The van der Waals surface area contributed by atoms with Gasteiger partial charge in [-0.25, -0.2) is 14.4 Å². The smallest absolute Gasteiger partial charge is 0.335 e. The summed E-state index contributed by atoms with van der Waals surface area (Å²) in [4.78, 5) is 21.6. The minimum absolute atomic E-state index is 0.0741. The summed E-state index contributed by atoms with van der Waals surface area (Å²) in [5.41, 5.74) is 0.591. The Balaban J connectivity index is 1.51. The van der Waals surface area contributed by atoms with Gasteiger partial charge in [-0.15, -0.1) is 11.3 Å². The van der Waals surface area contributed by atoms with Crippen molar-refractivity contribution >= 4 is 49.2 Å². The van der Waals surface area contributed by atoms with Crippen LogP contribution in [0.15, 0.2) is 46.6 Å². The minimum Gasteiger partial charge on any atom is -0.391 e. The summed E-state index contributed by atoms with van der Waals surface area (Å²) < 4.78 is 44.8. The van der Waals surface area contributed by atoms with Crippen LogP contribution in [0, 0.1) is 5.82 Å². The second kappa shape index (κ2) is 11.0. The van der Waals surface area contributed by atoms with E-state index in [9.17, 15) is 27.8 Å². The summed E-state index contributed by atoms with van der Waals surface area (Å²) >= 11 is 4.35. The average molecular weight is 601 g/mol. The fourth-order valence-electron chi connectivity index (χ4n) is 3.95. The SMILES string of the molecule is COS(=O)(=O)N[C@@H]1C[C@@H](Nc2ncncc2C(=O)c2cc([C@H](O)c3cc(Br)ccc3F)cs2)C[C@@H]1O. The molecule has 1 aromatic carbocycles. The number of nitrogens with zero attached hydrogens (tertiary/aromatic N) is 2. The molecule has 4 rings (SSSR count). The normalized spacial score (nSPS) is 20.9. The number of aliphatic hydroxyl groups is 2. The number of nitrogens with one attached hydrogen (secondary N) is 2. The third-order valence-electron chi connectivity index (χ3n) is 5.75. The number of aliphatic hydroxyl groups excluding tert-OH is 2. The van der Waals surface area contributed by atoms with Crippen molar-refractivity contribution in [3.8, 4) is 0 Å². The molecule has 0 saturated heterocycles. The number of benzene rings is 1. The molecule has 2 heterocycles. The number of carbonyl (C=O) groups excluding carboxylic acids is 1. The monoisotopic (exact) mass is 600 g/mol. The van der Waals surface area contributed by atoms with Crippen molar-refractivity contribution in [1.29, 1.82) is 0 Å². The lowest BCUT2D eigenvalue weighted by molar-refractivity contribution is 0.104. The molecule has 4 N–H and O–H groups in total. The number of carbonyl (C=O) groups is 1. The number of aromatic nitrogens is 2. The van der Waals surface area contributed by atoms with Crippen LogP contribution in [0.25, 0.3) is 0 Å². The molecule has 36 heavy (non-hydrogen) atoms. The summed E-state index contributed by atoms with van der Waals surface area (Å²) in [6.07, 6.45) is 0.815. The van der Waals surface area contributed by atoms with Gasteiger partial charge < -0.3 is 15.5 Å². The van der Waals surface area contributed by atoms with E-state index < -0.39 is 40.2 Å². The van der Waals surface area contributed by atoms with Crippen LogP contribution >= 0.6 is 27.3 Å². The van der Waals surface area contributed by atoms with E-state index in [1.54, 1.807) is 5.38 Å². The summed E-state index contributed by atoms with van der Waals surface area (Å²) in [5, 5.41) is 25.6. The van der Waals surface area contributed by atoms with Crippen molar-refractivity contribution in [3.63, 3.8) is 0 Å². The number of hydrogen-bond acceptors (Lipinski definition) is 10. The zero-order chi connectivity index (χ0) is 26.0. The zero-order valence-electron chi connectivity index (χ0n) is 18.8. The Morgan fingerprint density at radius 1 is 1.33 bits per heavy atom. The van der Waals surface area contributed by atoms with E-state index in [0.29, 0.717) is 10.0 Å². The largest absolute Gasteiger partial charge is 0.391 e. The first kappa shape index (κ1) is 26.7. The first-order chi connectivity index (χ1) is 17.1. The van der Waals surface area contributed by atoms with Gasteiger partial charge in [0.05, 0.1) is 29.7 Å². The highest BCUT2D eigenvalue weighted by Crippen LogP contribution is 2.32. The zero-order valence-corrected chi connectivity index (χ0v) is 22.0. The van der Waals surface area contributed by atoms with Crippen molar-refractivity contribution in [2.45, 2.75) is 37.1 Å². The Morgan fingerprint density at radius 3 is 2.86 bits per heavy atom. The van der Waals surface area contributed by atoms with E-state index in [4.69, 9.17) is 0 Å². The highest BCUT2D eigenvalue weighted by molar-refractivity contribution is 9.10. The van der Waals surface area contributed by atoms with E-state index in [2.05, 4.69) is 40.1 Å². The van der Waals surface area contributed by atoms with E-state index >= 15 is 0 Å². The second-order valence-corrected chi connectivity index (χ2v) is 11.5. The lowest BCUT2D eigenvalue weighted by atomic mass is 10.0. The lowest BCUT2D eigenvalue weighted by Crippen LogP contribution is -2.40. The van der Waals surface area contributed by atoms with Crippen LogP contribution in [0.3, 0.4) is 0 Å². The van der Waals surface area contributed by atoms with Crippen LogP contribution in [-0.2, 0) is 14.5 Å². The third kappa shape index (κ3) is 5.96. The predicted octanol–water partition coefficient (Wildman–Crippen LogP) is 2.54. The molecular formula is C22H22BrFN4O6S2. The van der Waals surface area contributed by atoms with Crippen LogP contribution in [0.4, 0.5) is 10.2 Å². The Bertz CT molecular complexity index is 1370. The molecule has 0 spiro atoms. The van der Waals surface area contributed by atoms with Gasteiger partial charge in [-0.2, -0.15) is 13.1 Å². The van der Waals surface area contributed by atoms with Crippen molar-refractivity contribution in [1.82, 2.24) is 14.7 Å². The van der Waals surface area contributed by atoms with E-state index in [-0.39, 0.29) is 40.7 Å². The van der Waals surface area contributed by atoms with E-state index in [1.807, 2.05) is 0 Å². The molecule has 1 saturated carbocycles. The molecule has 14 heteroatoms. The van der Waals surface area contributed by atoms with E-state index in [1.165, 1.54) is 36.8 Å². The molecule has 1 fully saturated rings. The number of hydrogen-bond donors (Lipinski definition) is 4. The van der Waals surface area contributed by atoms with Crippen LogP contribution in [0.2, 0.25) is 0 Å². The van der Waals surface area contributed by atoms with E-state index in [0.717, 1.165) is 18.4 Å². The molecule has 0 bridgehead atoms. The first-order valence-electron chi connectivity index (χ1n) is 10.7. The maximum absolute atomic E-state index is 14.2. The topological polar surface area (TPSA) is 151 Å². The van der Waals surface area contributed by atoms with Gasteiger partial charge in [-0.05, 0) is 48.1 Å². The highest BCUT2D eigenvalue weighted by atomic mass is 79.9. The molecule has 2 aromatic heterocycles. The minimum atomic E-state index is -3.98. The van der Waals surface area contributed by atoms with Gasteiger partial charge in [-0.3, -0.25) is 8.98 Å². The number of ketones is 1. The number of anilines is 1. The van der Waals surface area contributed by atoms with Crippen molar-refractivity contribution in [2.75, 3.05) is 12.4 Å². The number of thiophene rings is 1. The van der Waals surface area contributed by atoms with Crippen molar-refractivity contribution in [3.05, 3.63) is 74.0 Å².